The van der Waals surface area contributed by atoms with Gasteiger partial charge >= 0.3 is 6.09 Å². The topological polar surface area (TPSA) is 75.3 Å². The molecule has 1 aliphatic rings. The average Bonchev–Trinajstić information content (AvgIpc) is 2.80. The number of carbonyl (C=O) groups is 1. The Morgan fingerprint density at radius 3 is 2.57 bits per heavy atom. The molecule has 7 heteroatoms. The Labute approximate surface area is 173 Å². The van der Waals surface area contributed by atoms with Crippen molar-refractivity contribution < 1.29 is 14.0 Å². The van der Waals surface area contributed by atoms with Gasteiger partial charge in [-0.1, -0.05) is 46.9 Å². The lowest BCUT2D eigenvalue weighted by atomic mass is 9.90. The summed E-state index contributed by atoms with van der Waals surface area (Å²) >= 11 is 0. The number of hydrogen-bond donors (Lipinski definition) is 1. The number of ether oxygens (including phenoxy) is 1. The fourth-order valence-electron chi connectivity index (χ4n) is 3.74. The molecular formula is C23H22FN3O3. The van der Waals surface area contributed by atoms with Gasteiger partial charge in [0.1, 0.15) is 6.61 Å². The van der Waals surface area contributed by atoms with E-state index in [1.807, 2.05) is 24.3 Å². The van der Waals surface area contributed by atoms with Crippen LogP contribution in [0.25, 0.3) is 0 Å². The number of carbonyl (C=O) groups excluding carboxylic acids is 1. The normalized spacial score (nSPS) is 12.8. The van der Waals surface area contributed by atoms with Gasteiger partial charge in [0.2, 0.25) is 0 Å². The fourth-order valence-corrected chi connectivity index (χ4v) is 3.74. The van der Waals surface area contributed by atoms with Crippen LogP contribution in [0.15, 0.2) is 59.4 Å². The lowest BCUT2D eigenvalue weighted by Gasteiger charge is -2.18. The van der Waals surface area contributed by atoms with Crippen LogP contribution in [0.4, 0.5) is 15.0 Å². The summed E-state index contributed by atoms with van der Waals surface area (Å²) in [5, 5.41) is 6.80. The van der Waals surface area contributed by atoms with Crippen LogP contribution in [0.3, 0.4) is 0 Å². The highest BCUT2D eigenvalue weighted by Crippen LogP contribution is 2.24. The zero-order chi connectivity index (χ0) is 20.9. The molecule has 1 N–H and O–H groups in total. The van der Waals surface area contributed by atoms with Crippen molar-refractivity contribution in [1.82, 2.24) is 10.2 Å². The van der Waals surface area contributed by atoms with Gasteiger partial charge in [0.25, 0.3) is 5.56 Å². The van der Waals surface area contributed by atoms with Gasteiger partial charge in [0.05, 0.1) is 11.4 Å². The number of H-pyrrole nitrogens is 1. The summed E-state index contributed by atoms with van der Waals surface area (Å²) in [6.07, 6.45) is 2.97. The lowest BCUT2D eigenvalue weighted by Crippen LogP contribution is -2.23. The quantitative estimate of drug-likeness (QED) is 0.641. The second-order valence-corrected chi connectivity index (χ2v) is 7.33. The number of fused-ring (bicyclic) bond motifs is 1. The van der Waals surface area contributed by atoms with Crippen LogP contribution in [0.1, 0.15) is 40.8 Å². The standard InChI is InChI=1S/C23H22FN3O3/c24-27(23(29)30-15-16-7-2-1-3-8-16)18-10-6-9-17(13-18)14-21-19-11-4-5-12-20(19)22(28)26-25-21/h1-3,6-10,13H,4-5,11-12,14-15H2,(H,26,28). The molecule has 0 aliphatic heterocycles. The van der Waals surface area contributed by atoms with Crippen molar-refractivity contribution in [2.45, 2.75) is 38.7 Å². The molecule has 0 saturated carbocycles. The first-order chi connectivity index (χ1) is 14.6. The van der Waals surface area contributed by atoms with Gasteiger partial charge in [-0.05, 0) is 54.5 Å². The second kappa shape index (κ2) is 8.90. The second-order valence-electron chi connectivity index (χ2n) is 7.33. The maximum atomic E-state index is 14.6. The minimum atomic E-state index is -1.07. The number of amides is 1. The summed E-state index contributed by atoms with van der Waals surface area (Å²) in [6.45, 7) is -0.00673. The Morgan fingerprint density at radius 2 is 1.77 bits per heavy atom. The van der Waals surface area contributed by atoms with Gasteiger partial charge in [0.15, 0.2) is 0 Å². The van der Waals surface area contributed by atoms with E-state index in [2.05, 4.69) is 10.2 Å². The van der Waals surface area contributed by atoms with E-state index in [1.54, 1.807) is 24.3 Å². The Balaban J connectivity index is 1.48. The van der Waals surface area contributed by atoms with E-state index >= 15 is 0 Å². The zero-order valence-electron chi connectivity index (χ0n) is 16.4. The third-order valence-electron chi connectivity index (χ3n) is 5.26. The van der Waals surface area contributed by atoms with Gasteiger partial charge < -0.3 is 4.74 Å². The largest absolute Gasteiger partial charge is 0.443 e. The van der Waals surface area contributed by atoms with Crippen molar-refractivity contribution >= 4 is 11.8 Å². The minimum Gasteiger partial charge on any atom is -0.443 e. The van der Waals surface area contributed by atoms with E-state index < -0.39 is 6.09 Å². The molecule has 1 aromatic heterocycles. The third kappa shape index (κ3) is 4.40. The molecular weight excluding hydrogens is 385 g/mol. The number of anilines is 1. The predicted octanol–water partition coefficient (Wildman–Crippen LogP) is 4.27. The average molecular weight is 407 g/mol. The van der Waals surface area contributed by atoms with Crippen LogP contribution < -0.4 is 10.7 Å². The SMILES string of the molecule is O=C(OCc1ccccc1)N(F)c1cccc(Cc2n[nH]c(=O)c3c2CCCC3)c1. The summed E-state index contributed by atoms with van der Waals surface area (Å²) in [7, 11) is 0. The van der Waals surface area contributed by atoms with Crippen molar-refractivity contribution in [3.63, 3.8) is 0 Å². The molecule has 0 fully saturated rings. The first-order valence-corrected chi connectivity index (χ1v) is 9.96. The first kappa shape index (κ1) is 19.8. The molecule has 1 aliphatic carbocycles. The molecule has 0 unspecified atom stereocenters. The Bertz CT molecular complexity index is 1100. The number of aromatic amines is 1. The van der Waals surface area contributed by atoms with E-state index in [-0.39, 0.29) is 23.0 Å². The van der Waals surface area contributed by atoms with E-state index in [9.17, 15) is 14.1 Å². The molecule has 154 valence electrons. The van der Waals surface area contributed by atoms with Crippen LogP contribution in [0.5, 0.6) is 0 Å². The van der Waals surface area contributed by atoms with Crippen LogP contribution in [0, 0.1) is 0 Å². The summed E-state index contributed by atoms with van der Waals surface area (Å²) in [5.74, 6) is 0. The molecule has 30 heavy (non-hydrogen) atoms. The van der Waals surface area contributed by atoms with Crippen LogP contribution in [-0.4, -0.2) is 16.3 Å². The molecule has 6 nitrogen and oxygen atoms in total. The molecule has 0 spiro atoms. The maximum Gasteiger partial charge on any atom is 0.443 e. The van der Waals surface area contributed by atoms with Crippen LogP contribution in [-0.2, 0) is 30.6 Å². The van der Waals surface area contributed by atoms with Crippen molar-refractivity contribution in [1.29, 1.82) is 0 Å². The molecule has 0 atom stereocenters. The Morgan fingerprint density at radius 1 is 1.03 bits per heavy atom. The molecule has 0 saturated heterocycles. The number of benzene rings is 2. The predicted molar refractivity (Wildman–Crippen MR) is 111 cm³/mol. The monoisotopic (exact) mass is 407 g/mol. The van der Waals surface area contributed by atoms with E-state index in [1.165, 1.54) is 6.07 Å². The smallest absolute Gasteiger partial charge is 0.443 e. The number of hydrogen-bond acceptors (Lipinski definition) is 4. The van der Waals surface area contributed by atoms with Crippen molar-refractivity contribution in [2.75, 3.05) is 5.12 Å². The van der Waals surface area contributed by atoms with Crippen molar-refractivity contribution in [3.8, 4) is 0 Å². The molecule has 3 aromatic rings. The van der Waals surface area contributed by atoms with Crippen molar-refractivity contribution in [2.24, 2.45) is 0 Å². The summed E-state index contributed by atoms with van der Waals surface area (Å²) in [5.41, 5.74) is 4.12. The molecule has 0 bridgehead atoms. The number of aromatic nitrogens is 2. The molecule has 0 radical (unpaired) electrons. The zero-order valence-corrected chi connectivity index (χ0v) is 16.4. The highest BCUT2D eigenvalue weighted by atomic mass is 19.2. The summed E-state index contributed by atoms with van der Waals surface area (Å²) in [6, 6.07) is 15.7. The van der Waals surface area contributed by atoms with Gasteiger partial charge in [-0.15, -0.1) is 5.12 Å². The molecule has 2 aromatic carbocycles. The Kier molecular flexibility index (Phi) is 5.88. The lowest BCUT2D eigenvalue weighted by molar-refractivity contribution is 0.133. The number of rotatable bonds is 5. The fraction of sp³-hybridized carbons (Fsp3) is 0.261. The molecule has 4 rings (SSSR count). The highest BCUT2D eigenvalue weighted by molar-refractivity contribution is 5.85. The van der Waals surface area contributed by atoms with Gasteiger partial charge in [-0.2, -0.15) is 5.10 Å². The summed E-state index contributed by atoms with van der Waals surface area (Å²) in [4.78, 5) is 24.1. The van der Waals surface area contributed by atoms with Gasteiger partial charge in [0, 0.05) is 12.0 Å². The van der Waals surface area contributed by atoms with E-state index in [0.29, 0.717) is 6.42 Å². The van der Waals surface area contributed by atoms with E-state index in [0.717, 1.165) is 53.6 Å². The number of halogens is 1. The van der Waals surface area contributed by atoms with Crippen molar-refractivity contribution in [3.05, 3.63) is 92.9 Å². The maximum absolute atomic E-state index is 14.6. The van der Waals surface area contributed by atoms with Crippen LogP contribution >= 0.6 is 0 Å². The van der Waals surface area contributed by atoms with E-state index in [4.69, 9.17) is 4.74 Å². The molecule has 1 heterocycles. The summed E-state index contributed by atoms with van der Waals surface area (Å²) < 4.78 is 19.6. The Hall–Kier alpha value is -3.48. The molecule has 1 amide bonds. The van der Waals surface area contributed by atoms with Crippen LogP contribution in [0.2, 0.25) is 0 Å². The van der Waals surface area contributed by atoms with Gasteiger partial charge in [-0.25, -0.2) is 9.89 Å². The first-order valence-electron chi connectivity index (χ1n) is 9.96. The third-order valence-corrected chi connectivity index (χ3v) is 5.26. The van der Waals surface area contributed by atoms with Gasteiger partial charge in [-0.3, -0.25) is 4.79 Å². The highest BCUT2D eigenvalue weighted by Gasteiger charge is 2.20. The number of nitrogens with zero attached hydrogens (tertiary/aromatic N) is 2. The number of nitrogens with one attached hydrogen (secondary N) is 1. The minimum absolute atomic E-state index is 0.00218.